The van der Waals surface area contributed by atoms with E-state index < -0.39 is 5.60 Å². The van der Waals surface area contributed by atoms with E-state index in [4.69, 9.17) is 4.42 Å². The van der Waals surface area contributed by atoms with Gasteiger partial charge in [-0.2, -0.15) is 11.3 Å². The molecule has 2 heterocycles. The predicted octanol–water partition coefficient (Wildman–Crippen LogP) is 2.48. The second-order valence-electron chi connectivity index (χ2n) is 5.30. The summed E-state index contributed by atoms with van der Waals surface area (Å²) in [6.07, 6.45) is 2.24. The maximum atomic E-state index is 11.8. The zero-order chi connectivity index (χ0) is 15.3. The first-order valence-corrected chi connectivity index (χ1v) is 7.73. The number of hydrogen-bond donors (Lipinski definition) is 3. The van der Waals surface area contributed by atoms with Crippen molar-refractivity contribution < 1.29 is 14.3 Å². The Kier molecular flexibility index (Phi) is 5.03. The van der Waals surface area contributed by atoms with Gasteiger partial charge in [-0.1, -0.05) is 0 Å². The molecule has 2 amide bonds. The van der Waals surface area contributed by atoms with Crippen LogP contribution in [0.1, 0.15) is 25.2 Å². The number of hydrogen-bond acceptors (Lipinski definition) is 4. The summed E-state index contributed by atoms with van der Waals surface area (Å²) >= 11 is 1.51. The standard InChI is InChI=1S/C15H20N2O3S/c1-11(8-13-4-3-6-20-13)17-14(18)16-10-15(2,19)12-5-7-21-9-12/h3-7,9,11,19H,8,10H2,1-2H3,(H2,16,17,18)/t11-,15+/m1/s1. The van der Waals surface area contributed by atoms with Crippen molar-refractivity contribution in [2.75, 3.05) is 6.54 Å². The molecule has 0 aliphatic carbocycles. The van der Waals surface area contributed by atoms with Gasteiger partial charge < -0.3 is 20.2 Å². The molecule has 2 aromatic heterocycles. The van der Waals surface area contributed by atoms with Crippen molar-refractivity contribution in [3.05, 3.63) is 46.5 Å². The summed E-state index contributed by atoms with van der Waals surface area (Å²) in [6, 6.07) is 5.19. The normalized spacial score (nSPS) is 15.2. The van der Waals surface area contributed by atoms with Gasteiger partial charge in [0.15, 0.2) is 0 Å². The van der Waals surface area contributed by atoms with Crippen LogP contribution < -0.4 is 10.6 Å². The Balaban J connectivity index is 1.77. The van der Waals surface area contributed by atoms with Crippen LogP contribution in [0, 0.1) is 0 Å². The average Bonchev–Trinajstić information content (AvgIpc) is 3.09. The Labute approximate surface area is 128 Å². The third kappa shape index (κ3) is 4.61. The molecule has 2 aromatic rings. The Bertz CT molecular complexity index is 550. The van der Waals surface area contributed by atoms with Crippen LogP contribution >= 0.6 is 11.3 Å². The van der Waals surface area contributed by atoms with Crippen molar-refractivity contribution in [2.45, 2.75) is 31.9 Å². The van der Waals surface area contributed by atoms with E-state index >= 15 is 0 Å². The van der Waals surface area contributed by atoms with Gasteiger partial charge in [0.05, 0.1) is 12.8 Å². The van der Waals surface area contributed by atoms with Crippen LogP contribution in [0.25, 0.3) is 0 Å². The minimum Gasteiger partial charge on any atom is -0.469 e. The quantitative estimate of drug-likeness (QED) is 0.767. The fourth-order valence-electron chi connectivity index (χ4n) is 1.98. The molecule has 0 saturated heterocycles. The molecule has 0 unspecified atom stereocenters. The molecule has 3 N–H and O–H groups in total. The van der Waals surface area contributed by atoms with E-state index in [1.165, 1.54) is 11.3 Å². The molecule has 0 aromatic carbocycles. The number of amides is 2. The topological polar surface area (TPSA) is 74.5 Å². The lowest BCUT2D eigenvalue weighted by atomic mass is 9.99. The van der Waals surface area contributed by atoms with E-state index in [0.717, 1.165) is 11.3 Å². The SMILES string of the molecule is C[C@H](Cc1ccco1)NC(=O)NC[C@](C)(O)c1ccsc1. The number of carbonyl (C=O) groups excluding carboxylic acids is 1. The molecule has 2 atom stereocenters. The van der Waals surface area contributed by atoms with Crippen LogP contribution in [0.5, 0.6) is 0 Å². The third-order valence-electron chi connectivity index (χ3n) is 3.20. The highest BCUT2D eigenvalue weighted by Gasteiger charge is 2.24. The monoisotopic (exact) mass is 308 g/mol. The fraction of sp³-hybridized carbons (Fsp3) is 0.400. The van der Waals surface area contributed by atoms with Gasteiger partial charge in [0.1, 0.15) is 11.4 Å². The summed E-state index contributed by atoms with van der Waals surface area (Å²) in [4.78, 5) is 11.8. The fourth-order valence-corrected chi connectivity index (χ4v) is 2.76. The second kappa shape index (κ2) is 6.78. The summed E-state index contributed by atoms with van der Waals surface area (Å²) in [7, 11) is 0. The average molecular weight is 308 g/mol. The smallest absolute Gasteiger partial charge is 0.315 e. The summed E-state index contributed by atoms with van der Waals surface area (Å²) in [5, 5.41) is 19.6. The molecular formula is C15H20N2O3S. The third-order valence-corrected chi connectivity index (χ3v) is 3.88. The number of aliphatic hydroxyl groups is 1. The van der Waals surface area contributed by atoms with Gasteiger partial charge in [-0.3, -0.25) is 0 Å². The number of nitrogens with one attached hydrogen (secondary N) is 2. The van der Waals surface area contributed by atoms with Crippen molar-refractivity contribution >= 4 is 17.4 Å². The summed E-state index contributed by atoms with van der Waals surface area (Å²) in [5.74, 6) is 0.827. The molecule has 0 aliphatic rings. The first-order chi connectivity index (χ1) is 9.97. The highest BCUT2D eigenvalue weighted by Crippen LogP contribution is 2.21. The van der Waals surface area contributed by atoms with Crippen LogP contribution in [0.2, 0.25) is 0 Å². The number of thiophene rings is 1. The Morgan fingerprint density at radius 1 is 1.52 bits per heavy atom. The molecule has 6 heteroatoms. The second-order valence-corrected chi connectivity index (χ2v) is 6.08. The van der Waals surface area contributed by atoms with Gasteiger partial charge >= 0.3 is 6.03 Å². The zero-order valence-corrected chi connectivity index (χ0v) is 12.9. The lowest BCUT2D eigenvalue weighted by Crippen LogP contribution is -2.46. The highest BCUT2D eigenvalue weighted by molar-refractivity contribution is 7.08. The van der Waals surface area contributed by atoms with Crippen LogP contribution in [0.15, 0.2) is 39.6 Å². The molecule has 21 heavy (non-hydrogen) atoms. The molecule has 5 nitrogen and oxygen atoms in total. The van der Waals surface area contributed by atoms with Gasteiger partial charge in [-0.05, 0) is 48.4 Å². The van der Waals surface area contributed by atoms with Crippen molar-refractivity contribution in [2.24, 2.45) is 0 Å². The molecular weight excluding hydrogens is 288 g/mol. The highest BCUT2D eigenvalue weighted by atomic mass is 32.1. The zero-order valence-electron chi connectivity index (χ0n) is 12.1. The summed E-state index contributed by atoms with van der Waals surface area (Å²) < 4.78 is 5.24. The Hall–Kier alpha value is -1.79. The largest absolute Gasteiger partial charge is 0.469 e. The molecule has 0 aliphatic heterocycles. The van der Waals surface area contributed by atoms with Gasteiger partial charge in [0.25, 0.3) is 0 Å². The van der Waals surface area contributed by atoms with Crippen molar-refractivity contribution in [1.29, 1.82) is 0 Å². The molecule has 0 saturated carbocycles. The van der Waals surface area contributed by atoms with E-state index in [9.17, 15) is 9.90 Å². The molecule has 2 rings (SSSR count). The van der Waals surface area contributed by atoms with Gasteiger partial charge in [0.2, 0.25) is 0 Å². The number of furan rings is 1. The predicted molar refractivity (Wildman–Crippen MR) is 82.3 cm³/mol. The molecule has 0 bridgehead atoms. The van der Waals surface area contributed by atoms with E-state index in [1.807, 2.05) is 35.9 Å². The van der Waals surface area contributed by atoms with Crippen molar-refractivity contribution in [3.63, 3.8) is 0 Å². The van der Waals surface area contributed by atoms with Crippen LogP contribution in [0.3, 0.4) is 0 Å². The van der Waals surface area contributed by atoms with Crippen LogP contribution in [-0.4, -0.2) is 23.7 Å². The number of carbonyl (C=O) groups is 1. The maximum absolute atomic E-state index is 11.8. The van der Waals surface area contributed by atoms with Gasteiger partial charge in [-0.25, -0.2) is 4.79 Å². The summed E-state index contributed by atoms with van der Waals surface area (Å²) in [6.45, 7) is 3.74. The van der Waals surface area contributed by atoms with Crippen LogP contribution in [0.4, 0.5) is 4.79 Å². The lowest BCUT2D eigenvalue weighted by molar-refractivity contribution is 0.0597. The van der Waals surface area contributed by atoms with Gasteiger partial charge in [0, 0.05) is 12.5 Å². The van der Waals surface area contributed by atoms with E-state index in [2.05, 4.69) is 10.6 Å². The van der Waals surface area contributed by atoms with Gasteiger partial charge in [-0.15, -0.1) is 0 Å². The van der Waals surface area contributed by atoms with E-state index in [1.54, 1.807) is 13.2 Å². The van der Waals surface area contributed by atoms with Crippen LogP contribution in [-0.2, 0) is 12.0 Å². The van der Waals surface area contributed by atoms with Crippen molar-refractivity contribution in [3.8, 4) is 0 Å². The molecule has 0 spiro atoms. The molecule has 0 fully saturated rings. The van der Waals surface area contributed by atoms with E-state index in [-0.39, 0.29) is 18.6 Å². The summed E-state index contributed by atoms with van der Waals surface area (Å²) in [5.41, 5.74) is -0.266. The molecule has 114 valence electrons. The number of rotatable bonds is 6. The molecule has 0 radical (unpaired) electrons. The first-order valence-electron chi connectivity index (χ1n) is 6.79. The minimum atomic E-state index is -1.07. The van der Waals surface area contributed by atoms with E-state index in [0.29, 0.717) is 6.42 Å². The first kappa shape index (κ1) is 15.6. The Morgan fingerprint density at radius 3 is 2.95 bits per heavy atom. The number of urea groups is 1. The maximum Gasteiger partial charge on any atom is 0.315 e. The van der Waals surface area contributed by atoms with Crippen molar-refractivity contribution in [1.82, 2.24) is 10.6 Å². The Morgan fingerprint density at radius 2 is 2.33 bits per heavy atom. The lowest BCUT2D eigenvalue weighted by Gasteiger charge is -2.23. The minimum absolute atomic E-state index is 0.0535.